The van der Waals surface area contributed by atoms with E-state index in [0.29, 0.717) is 29.4 Å². The van der Waals surface area contributed by atoms with Crippen LogP contribution in [0.3, 0.4) is 0 Å². The van der Waals surface area contributed by atoms with Crippen molar-refractivity contribution in [2.24, 2.45) is 0 Å². The SMILES string of the molecule is CNC(C)(CCCSc1nc(C)cc(=O)[nH]1)C(=O)O. The number of nitrogens with one attached hydrogen (secondary N) is 2. The number of H-pyrrole nitrogens is 1. The van der Waals surface area contributed by atoms with E-state index in [1.54, 1.807) is 20.9 Å². The van der Waals surface area contributed by atoms with E-state index >= 15 is 0 Å². The smallest absolute Gasteiger partial charge is 0.323 e. The molecular formula is C12H19N3O3S. The Kier molecular flexibility index (Phi) is 5.56. The van der Waals surface area contributed by atoms with Gasteiger partial charge in [-0.05, 0) is 33.7 Å². The molecule has 1 unspecified atom stereocenters. The van der Waals surface area contributed by atoms with E-state index in [1.807, 2.05) is 0 Å². The molecule has 3 N–H and O–H groups in total. The van der Waals surface area contributed by atoms with E-state index in [4.69, 9.17) is 5.11 Å². The molecule has 0 bridgehead atoms. The van der Waals surface area contributed by atoms with Crippen molar-refractivity contribution in [2.75, 3.05) is 12.8 Å². The number of carboxylic acid groups (broad SMARTS) is 1. The van der Waals surface area contributed by atoms with E-state index in [9.17, 15) is 9.59 Å². The van der Waals surface area contributed by atoms with Crippen LogP contribution in [0.2, 0.25) is 0 Å². The molecule has 0 aliphatic heterocycles. The van der Waals surface area contributed by atoms with Crippen molar-refractivity contribution in [3.05, 3.63) is 22.1 Å². The summed E-state index contributed by atoms with van der Waals surface area (Å²) in [5.41, 5.74) is -0.397. The first-order chi connectivity index (χ1) is 8.87. The molecule has 0 aromatic carbocycles. The second-order valence-corrected chi connectivity index (χ2v) is 5.61. The standard InChI is InChI=1S/C12H19N3O3S/c1-8-7-9(16)15-11(14-8)19-6-4-5-12(2,13-3)10(17)18/h7,13H,4-6H2,1-3H3,(H,17,18)(H,14,15,16). The summed E-state index contributed by atoms with van der Waals surface area (Å²) in [5.74, 6) is -0.154. The molecule has 106 valence electrons. The quantitative estimate of drug-likeness (QED) is 0.393. The van der Waals surface area contributed by atoms with Gasteiger partial charge < -0.3 is 15.4 Å². The summed E-state index contributed by atoms with van der Waals surface area (Å²) in [7, 11) is 1.64. The minimum atomic E-state index is -0.909. The summed E-state index contributed by atoms with van der Waals surface area (Å²) in [4.78, 5) is 29.2. The highest BCUT2D eigenvalue weighted by Gasteiger charge is 2.30. The summed E-state index contributed by atoms with van der Waals surface area (Å²) in [6.45, 7) is 3.43. The van der Waals surface area contributed by atoms with Crippen molar-refractivity contribution in [2.45, 2.75) is 37.4 Å². The maximum absolute atomic E-state index is 11.2. The highest BCUT2D eigenvalue weighted by Crippen LogP contribution is 2.18. The maximum Gasteiger partial charge on any atom is 0.323 e. The summed E-state index contributed by atoms with van der Waals surface area (Å²) in [6.07, 6.45) is 1.23. The molecule has 0 radical (unpaired) electrons. The fourth-order valence-electron chi connectivity index (χ4n) is 1.55. The monoisotopic (exact) mass is 285 g/mol. The van der Waals surface area contributed by atoms with Crippen LogP contribution in [0.25, 0.3) is 0 Å². The van der Waals surface area contributed by atoms with Crippen molar-refractivity contribution in [3.8, 4) is 0 Å². The van der Waals surface area contributed by atoms with E-state index in [-0.39, 0.29) is 5.56 Å². The highest BCUT2D eigenvalue weighted by molar-refractivity contribution is 7.99. The van der Waals surface area contributed by atoms with Crippen LogP contribution in [0.15, 0.2) is 16.0 Å². The van der Waals surface area contributed by atoms with Gasteiger partial charge in [-0.2, -0.15) is 0 Å². The minimum absolute atomic E-state index is 0.166. The lowest BCUT2D eigenvalue weighted by Gasteiger charge is -2.23. The van der Waals surface area contributed by atoms with Gasteiger partial charge in [0, 0.05) is 17.5 Å². The number of aryl methyl sites for hydroxylation is 1. The molecule has 0 saturated carbocycles. The number of aliphatic carboxylic acids is 1. The van der Waals surface area contributed by atoms with Gasteiger partial charge in [0.1, 0.15) is 5.54 Å². The fraction of sp³-hybridized carbons (Fsp3) is 0.583. The molecule has 6 nitrogen and oxygen atoms in total. The van der Waals surface area contributed by atoms with Gasteiger partial charge in [-0.3, -0.25) is 9.59 Å². The van der Waals surface area contributed by atoms with Crippen LogP contribution < -0.4 is 10.9 Å². The van der Waals surface area contributed by atoms with Gasteiger partial charge >= 0.3 is 5.97 Å². The molecule has 1 aromatic heterocycles. The highest BCUT2D eigenvalue weighted by atomic mass is 32.2. The van der Waals surface area contributed by atoms with Crippen LogP contribution in [0.1, 0.15) is 25.5 Å². The Morgan fingerprint density at radius 3 is 2.84 bits per heavy atom. The molecule has 0 amide bonds. The molecule has 0 saturated heterocycles. The summed E-state index contributed by atoms with van der Waals surface area (Å²) in [6, 6.07) is 1.44. The minimum Gasteiger partial charge on any atom is -0.480 e. The molecule has 1 rings (SSSR count). The Bertz CT molecular complexity index is 503. The largest absolute Gasteiger partial charge is 0.480 e. The topological polar surface area (TPSA) is 95.1 Å². The van der Waals surface area contributed by atoms with Crippen molar-refractivity contribution in [1.82, 2.24) is 15.3 Å². The number of rotatable bonds is 7. The second-order valence-electron chi connectivity index (χ2n) is 4.53. The number of nitrogens with zero attached hydrogens (tertiary/aromatic N) is 1. The van der Waals surface area contributed by atoms with E-state index in [2.05, 4.69) is 15.3 Å². The van der Waals surface area contributed by atoms with Gasteiger partial charge in [-0.1, -0.05) is 11.8 Å². The number of carboxylic acids is 1. The lowest BCUT2D eigenvalue weighted by molar-refractivity contribution is -0.144. The molecule has 0 spiro atoms. The molecule has 1 heterocycles. The molecule has 0 fully saturated rings. The first-order valence-electron chi connectivity index (χ1n) is 6.00. The number of carbonyl (C=O) groups is 1. The van der Waals surface area contributed by atoms with Crippen LogP contribution >= 0.6 is 11.8 Å². The predicted molar refractivity (Wildman–Crippen MR) is 74.7 cm³/mol. The van der Waals surface area contributed by atoms with Gasteiger partial charge in [0.15, 0.2) is 5.16 Å². The van der Waals surface area contributed by atoms with Gasteiger partial charge in [0.05, 0.1) is 0 Å². The number of aromatic nitrogens is 2. The zero-order valence-electron chi connectivity index (χ0n) is 11.3. The maximum atomic E-state index is 11.2. The Labute approximate surface area is 116 Å². The fourth-order valence-corrected chi connectivity index (χ4v) is 2.42. The molecule has 0 aliphatic rings. The molecular weight excluding hydrogens is 266 g/mol. The Hall–Kier alpha value is -1.34. The lowest BCUT2D eigenvalue weighted by atomic mass is 9.97. The zero-order chi connectivity index (χ0) is 14.5. The number of likely N-dealkylation sites (N-methyl/N-ethyl adjacent to an activating group) is 1. The van der Waals surface area contributed by atoms with Crippen molar-refractivity contribution >= 4 is 17.7 Å². The average molecular weight is 285 g/mol. The molecule has 1 aromatic rings. The van der Waals surface area contributed by atoms with Crippen LogP contribution in [0.5, 0.6) is 0 Å². The Morgan fingerprint density at radius 2 is 2.32 bits per heavy atom. The van der Waals surface area contributed by atoms with Gasteiger partial charge in [0.25, 0.3) is 5.56 Å². The third-order valence-electron chi connectivity index (χ3n) is 2.93. The number of hydrogen-bond donors (Lipinski definition) is 3. The van der Waals surface area contributed by atoms with Crippen LogP contribution in [0.4, 0.5) is 0 Å². The van der Waals surface area contributed by atoms with E-state index in [0.717, 1.165) is 0 Å². The Balaban J connectivity index is 2.47. The van der Waals surface area contributed by atoms with Crippen molar-refractivity contribution < 1.29 is 9.90 Å². The lowest BCUT2D eigenvalue weighted by Crippen LogP contribution is -2.47. The number of thioether (sulfide) groups is 1. The first kappa shape index (κ1) is 15.7. The molecule has 0 aliphatic carbocycles. The molecule has 1 atom stereocenters. The van der Waals surface area contributed by atoms with Crippen molar-refractivity contribution in [1.29, 1.82) is 0 Å². The number of aromatic amines is 1. The van der Waals surface area contributed by atoms with Crippen LogP contribution in [0, 0.1) is 6.92 Å². The summed E-state index contributed by atoms with van der Waals surface area (Å²) in [5, 5.41) is 12.5. The predicted octanol–water partition coefficient (Wildman–Crippen LogP) is 1.01. The first-order valence-corrected chi connectivity index (χ1v) is 6.99. The van der Waals surface area contributed by atoms with Gasteiger partial charge in [0.2, 0.25) is 0 Å². The third-order valence-corrected chi connectivity index (χ3v) is 3.89. The zero-order valence-corrected chi connectivity index (χ0v) is 12.1. The van der Waals surface area contributed by atoms with Crippen LogP contribution in [-0.4, -0.2) is 39.4 Å². The van der Waals surface area contributed by atoms with Gasteiger partial charge in [-0.25, -0.2) is 4.98 Å². The summed E-state index contributed by atoms with van der Waals surface area (Å²) >= 11 is 1.42. The second kappa shape index (κ2) is 6.72. The summed E-state index contributed by atoms with van der Waals surface area (Å²) < 4.78 is 0. The van der Waals surface area contributed by atoms with Crippen LogP contribution in [-0.2, 0) is 4.79 Å². The van der Waals surface area contributed by atoms with Crippen molar-refractivity contribution in [3.63, 3.8) is 0 Å². The van der Waals surface area contributed by atoms with E-state index < -0.39 is 11.5 Å². The Morgan fingerprint density at radius 1 is 1.63 bits per heavy atom. The van der Waals surface area contributed by atoms with E-state index in [1.165, 1.54) is 17.8 Å². The van der Waals surface area contributed by atoms with Gasteiger partial charge in [-0.15, -0.1) is 0 Å². The third kappa shape index (κ3) is 4.68. The molecule has 7 heteroatoms. The molecule has 19 heavy (non-hydrogen) atoms. The number of hydrogen-bond acceptors (Lipinski definition) is 5. The average Bonchev–Trinajstić information content (AvgIpc) is 2.33. The normalized spacial score (nSPS) is 14.1.